The van der Waals surface area contributed by atoms with Crippen LogP contribution in [0.1, 0.15) is 10.4 Å². The van der Waals surface area contributed by atoms with Gasteiger partial charge in [-0.1, -0.05) is 30.3 Å². The number of amides is 1. The van der Waals surface area contributed by atoms with Gasteiger partial charge in [0.05, 0.1) is 25.0 Å². The van der Waals surface area contributed by atoms with Crippen LogP contribution in [0.4, 0.5) is 5.69 Å². The van der Waals surface area contributed by atoms with E-state index in [1.807, 2.05) is 47.5 Å². The highest BCUT2D eigenvalue weighted by atomic mass is 16.5. The summed E-state index contributed by atoms with van der Waals surface area (Å²) in [5, 5.41) is 1.00. The molecule has 0 spiro atoms. The fourth-order valence-electron chi connectivity index (χ4n) is 4.00. The molecule has 0 saturated carbocycles. The van der Waals surface area contributed by atoms with Crippen molar-refractivity contribution in [2.24, 2.45) is 0 Å². The standard InChI is InChI=1S/C23H27N3O3/c1-28-16-15-26-17-19(18-7-3-4-8-20(18)26)23(27)25-13-11-24(12-14-25)21-9-5-6-10-22(21)29-2/h3-10,17H,11-16H2,1-2H3. The quantitative estimate of drug-likeness (QED) is 0.645. The molecule has 4 rings (SSSR count). The molecule has 0 bridgehead atoms. The van der Waals surface area contributed by atoms with Crippen LogP contribution in [-0.4, -0.2) is 62.4 Å². The maximum atomic E-state index is 13.3. The Labute approximate surface area is 171 Å². The van der Waals surface area contributed by atoms with Crippen LogP contribution in [0, 0.1) is 0 Å². The highest BCUT2D eigenvalue weighted by Crippen LogP contribution is 2.29. The topological polar surface area (TPSA) is 46.9 Å². The highest BCUT2D eigenvalue weighted by molar-refractivity contribution is 6.07. The molecule has 0 radical (unpaired) electrons. The molecule has 2 aromatic carbocycles. The fourth-order valence-corrected chi connectivity index (χ4v) is 4.00. The third-order valence-corrected chi connectivity index (χ3v) is 5.55. The molecule has 1 aliphatic rings. The second-order valence-electron chi connectivity index (χ2n) is 7.20. The molecule has 6 nitrogen and oxygen atoms in total. The summed E-state index contributed by atoms with van der Waals surface area (Å²) in [5.41, 5.74) is 2.92. The van der Waals surface area contributed by atoms with Gasteiger partial charge in [0.2, 0.25) is 0 Å². The second kappa shape index (κ2) is 8.57. The lowest BCUT2D eigenvalue weighted by Crippen LogP contribution is -2.48. The number of fused-ring (bicyclic) bond motifs is 1. The summed E-state index contributed by atoms with van der Waals surface area (Å²) in [4.78, 5) is 17.5. The van der Waals surface area contributed by atoms with E-state index in [1.54, 1.807) is 14.2 Å². The van der Waals surface area contributed by atoms with Gasteiger partial charge in [0.1, 0.15) is 5.75 Å². The zero-order valence-electron chi connectivity index (χ0n) is 17.0. The molecule has 0 N–H and O–H groups in total. The molecule has 0 atom stereocenters. The molecule has 3 aromatic rings. The third-order valence-electron chi connectivity index (χ3n) is 5.55. The third kappa shape index (κ3) is 3.80. The number of piperazine rings is 1. The first-order valence-corrected chi connectivity index (χ1v) is 9.97. The largest absolute Gasteiger partial charge is 0.495 e. The number of ether oxygens (including phenoxy) is 2. The van der Waals surface area contributed by atoms with Crippen molar-refractivity contribution in [3.8, 4) is 5.75 Å². The van der Waals surface area contributed by atoms with Crippen LogP contribution in [-0.2, 0) is 11.3 Å². The van der Waals surface area contributed by atoms with Crippen LogP contribution in [0.2, 0.25) is 0 Å². The Morgan fingerprint density at radius 2 is 1.69 bits per heavy atom. The Bertz CT molecular complexity index is 990. The van der Waals surface area contributed by atoms with E-state index in [0.29, 0.717) is 19.7 Å². The summed E-state index contributed by atoms with van der Waals surface area (Å²) in [6, 6.07) is 16.1. The van der Waals surface area contributed by atoms with Gasteiger partial charge in [0.25, 0.3) is 5.91 Å². The van der Waals surface area contributed by atoms with Crippen LogP contribution in [0.15, 0.2) is 54.7 Å². The van der Waals surface area contributed by atoms with Crippen molar-refractivity contribution in [3.05, 3.63) is 60.3 Å². The van der Waals surface area contributed by atoms with Gasteiger partial charge in [-0.15, -0.1) is 0 Å². The number of para-hydroxylation sites is 3. The van der Waals surface area contributed by atoms with Gasteiger partial charge in [0.15, 0.2) is 0 Å². The monoisotopic (exact) mass is 393 g/mol. The summed E-state index contributed by atoms with van der Waals surface area (Å²) in [6.07, 6.45) is 1.97. The summed E-state index contributed by atoms with van der Waals surface area (Å²) in [6.45, 7) is 4.29. The number of carbonyl (C=O) groups is 1. The number of nitrogens with zero attached hydrogens (tertiary/aromatic N) is 3. The van der Waals surface area contributed by atoms with Gasteiger partial charge in [-0.2, -0.15) is 0 Å². The average Bonchev–Trinajstić information content (AvgIpc) is 3.16. The Hall–Kier alpha value is -2.99. The molecular formula is C23H27N3O3. The maximum Gasteiger partial charge on any atom is 0.256 e. The predicted octanol–water partition coefficient (Wildman–Crippen LogP) is 3.26. The molecule has 2 heterocycles. The van der Waals surface area contributed by atoms with E-state index in [1.165, 1.54) is 0 Å². The van der Waals surface area contributed by atoms with Crippen LogP contribution in [0.5, 0.6) is 5.75 Å². The molecule has 1 fully saturated rings. The first-order chi connectivity index (χ1) is 14.2. The number of hydrogen-bond donors (Lipinski definition) is 0. The van der Waals surface area contributed by atoms with E-state index in [0.717, 1.165) is 47.5 Å². The van der Waals surface area contributed by atoms with Crippen LogP contribution in [0.3, 0.4) is 0 Å². The lowest BCUT2D eigenvalue weighted by molar-refractivity contribution is 0.0748. The molecule has 1 saturated heterocycles. The number of rotatable bonds is 6. The first-order valence-electron chi connectivity index (χ1n) is 9.97. The van der Waals surface area contributed by atoms with Gasteiger partial charge >= 0.3 is 0 Å². The van der Waals surface area contributed by atoms with Crippen molar-refractivity contribution in [1.82, 2.24) is 9.47 Å². The van der Waals surface area contributed by atoms with Crippen molar-refractivity contribution < 1.29 is 14.3 Å². The first kappa shape index (κ1) is 19.3. The minimum Gasteiger partial charge on any atom is -0.495 e. The van der Waals surface area contributed by atoms with Crippen molar-refractivity contribution in [2.75, 3.05) is 51.9 Å². The van der Waals surface area contributed by atoms with E-state index in [2.05, 4.69) is 21.6 Å². The van der Waals surface area contributed by atoms with Crippen LogP contribution >= 0.6 is 0 Å². The van der Waals surface area contributed by atoms with E-state index in [-0.39, 0.29) is 5.91 Å². The average molecular weight is 393 g/mol. The van der Waals surface area contributed by atoms with E-state index in [4.69, 9.17) is 9.47 Å². The minimum absolute atomic E-state index is 0.0945. The summed E-state index contributed by atoms with van der Waals surface area (Å²) < 4.78 is 12.8. The Morgan fingerprint density at radius 3 is 2.45 bits per heavy atom. The van der Waals surface area contributed by atoms with Gasteiger partial charge in [0, 0.05) is 56.9 Å². The van der Waals surface area contributed by atoms with Crippen molar-refractivity contribution >= 4 is 22.5 Å². The number of methoxy groups -OCH3 is 2. The second-order valence-corrected chi connectivity index (χ2v) is 7.20. The molecule has 1 aliphatic heterocycles. The number of carbonyl (C=O) groups excluding carboxylic acids is 1. The predicted molar refractivity (Wildman–Crippen MR) is 115 cm³/mol. The minimum atomic E-state index is 0.0945. The van der Waals surface area contributed by atoms with E-state index >= 15 is 0 Å². The van der Waals surface area contributed by atoms with Gasteiger partial charge in [-0.25, -0.2) is 0 Å². The zero-order valence-corrected chi connectivity index (χ0v) is 17.0. The molecule has 0 unspecified atom stereocenters. The smallest absolute Gasteiger partial charge is 0.256 e. The molecule has 152 valence electrons. The Balaban J connectivity index is 1.51. The number of anilines is 1. The lowest BCUT2D eigenvalue weighted by Gasteiger charge is -2.36. The number of benzene rings is 2. The molecular weight excluding hydrogens is 366 g/mol. The van der Waals surface area contributed by atoms with Gasteiger partial charge in [-0.3, -0.25) is 4.79 Å². The summed E-state index contributed by atoms with van der Waals surface area (Å²) >= 11 is 0. The van der Waals surface area contributed by atoms with E-state index in [9.17, 15) is 4.79 Å². The van der Waals surface area contributed by atoms with Crippen LogP contribution < -0.4 is 9.64 Å². The van der Waals surface area contributed by atoms with Gasteiger partial charge in [-0.05, 0) is 18.2 Å². The highest BCUT2D eigenvalue weighted by Gasteiger charge is 2.25. The molecule has 1 aromatic heterocycles. The molecule has 1 amide bonds. The van der Waals surface area contributed by atoms with Crippen molar-refractivity contribution in [2.45, 2.75) is 6.54 Å². The van der Waals surface area contributed by atoms with Crippen molar-refractivity contribution in [1.29, 1.82) is 0 Å². The summed E-state index contributed by atoms with van der Waals surface area (Å²) in [5.74, 6) is 0.963. The fraction of sp³-hybridized carbons (Fsp3) is 0.348. The maximum absolute atomic E-state index is 13.3. The molecule has 29 heavy (non-hydrogen) atoms. The Morgan fingerprint density at radius 1 is 0.966 bits per heavy atom. The molecule has 6 heteroatoms. The van der Waals surface area contributed by atoms with Crippen LogP contribution in [0.25, 0.3) is 10.9 Å². The lowest BCUT2D eigenvalue weighted by atomic mass is 10.1. The Kier molecular flexibility index (Phi) is 5.71. The van der Waals surface area contributed by atoms with Gasteiger partial charge < -0.3 is 23.8 Å². The van der Waals surface area contributed by atoms with E-state index < -0.39 is 0 Å². The van der Waals surface area contributed by atoms with Crippen molar-refractivity contribution in [3.63, 3.8) is 0 Å². The number of aromatic nitrogens is 1. The number of hydrogen-bond acceptors (Lipinski definition) is 4. The molecule has 0 aliphatic carbocycles. The normalized spacial score (nSPS) is 14.4. The summed E-state index contributed by atoms with van der Waals surface area (Å²) in [7, 11) is 3.39. The zero-order chi connectivity index (χ0) is 20.2. The SMILES string of the molecule is COCCn1cc(C(=O)N2CCN(c3ccccc3OC)CC2)c2ccccc21.